The zero-order valence-electron chi connectivity index (χ0n) is 15.5. The molecular weight excluding hydrogens is 415 g/mol. The summed E-state index contributed by atoms with van der Waals surface area (Å²) in [6, 6.07) is 12.6. The van der Waals surface area contributed by atoms with Gasteiger partial charge in [0.2, 0.25) is 0 Å². The van der Waals surface area contributed by atoms with Crippen molar-refractivity contribution in [3.05, 3.63) is 87.2 Å². The summed E-state index contributed by atoms with van der Waals surface area (Å²) >= 11 is 1.30. The Morgan fingerprint density at radius 3 is 2.63 bits per heavy atom. The molecule has 152 valence electrons. The highest BCUT2D eigenvalue weighted by Gasteiger charge is 2.34. The Morgan fingerprint density at radius 1 is 1.10 bits per heavy atom. The number of halogens is 3. The highest BCUT2D eigenvalue weighted by atomic mass is 32.1. The number of carbonyl (C=O) groups is 1. The summed E-state index contributed by atoms with van der Waals surface area (Å²) < 4.78 is 41.0. The first-order valence-corrected chi connectivity index (χ1v) is 9.68. The third-order valence-corrected chi connectivity index (χ3v) is 5.25. The van der Waals surface area contributed by atoms with Gasteiger partial charge in [0.05, 0.1) is 16.8 Å². The van der Waals surface area contributed by atoms with Crippen LogP contribution in [0.25, 0.3) is 16.2 Å². The number of nitrogens with one attached hydrogen (secondary N) is 1. The topological polar surface area (TPSA) is 63.5 Å². The highest BCUT2D eigenvalue weighted by molar-refractivity contribution is 7.15. The molecule has 0 bridgehead atoms. The van der Waals surface area contributed by atoms with Crippen LogP contribution in [0.2, 0.25) is 0 Å². The molecule has 9 heteroatoms. The molecule has 30 heavy (non-hydrogen) atoms. The van der Waals surface area contributed by atoms with E-state index in [2.05, 4.69) is 10.3 Å². The van der Waals surface area contributed by atoms with E-state index in [1.54, 1.807) is 36.6 Å². The quantitative estimate of drug-likeness (QED) is 0.498. The largest absolute Gasteiger partial charge is 0.417 e. The molecule has 4 aromatic rings. The molecule has 2 aromatic carbocycles. The van der Waals surface area contributed by atoms with Crippen LogP contribution in [0.5, 0.6) is 0 Å². The smallest absolute Gasteiger partial charge is 0.322 e. The second kappa shape index (κ2) is 7.42. The Morgan fingerprint density at radius 2 is 1.87 bits per heavy atom. The Bertz CT molecular complexity index is 1330. The van der Waals surface area contributed by atoms with Crippen LogP contribution in [0.1, 0.15) is 21.6 Å². The fourth-order valence-corrected chi connectivity index (χ4v) is 4.06. The predicted molar refractivity (Wildman–Crippen MR) is 109 cm³/mol. The molecule has 2 heterocycles. The number of hydrogen-bond donors (Lipinski definition) is 1. The Hall–Kier alpha value is -3.46. The van der Waals surface area contributed by atoms with Crippen molar-refractivity contribution in [2.45, 2.75) is 13.1 Å². The van der Waals surface area contributed by atoms with Gasteiger partial charge >= 0.3 is 6.18 Å². The van der Waals surface area contributed by atoms with Crippen LogP contribution in [-0.4, -0.2) is 15.3 Å². The highest BCUT2D eigenvalue weighted by Crippen LogP contribution is 2.32. The molecule has 4 rings (SSSR count). The lowest BCUT2D eigenvalue weighted by Gasteiger charge is -2.13. The van der Waals surface area contributed by atoms with Gasteiger partial charge in [-0.2, -0.15) is 13.2 Å². The number of rotatable bonds is 3. The lowest BCUT2D eigenvalue weighted by Crippen LogP contribution is -2.18. The van der Waals surface area contributed by atoms with Crippen molar-refractivity contribution in [2.75, 3.05) is 5.32 Å². The summed E-state index contributed by atoms with van der Waals surface area (Å²) in [5.74, 6) is -0.871. The van der Waals surface area contributed by atoms with Crippen LogP contribution in [0.15, 0.2) is 64.8 Å². The van der Waals surface area contributed by atoms with Crippen molar-refractivity contribution in [1.82, 2.24) is 9.38 Å². The second-order valence-electron chi connectivity index (χ2n) is 6.55. The van der Waals surface area contributed by atoms with Crippen molar-refractivity contribution in [3.8, 4) is 11.3 Å². The summed E-state index contributed by atoms with van der Waals surface area (Å²) in [4.78, 5) is 29.8. The molecule has 0 aliphatic rings. The lowest BCUT2D eigenvalue weighted by atomic mass is 10.1. The summed E-state index contributed by atoms with van der Waals surface area (Å²) in [5.41, 5.74) is 0.417. The van der Waals surface area contributed by atoms with Crippen molar-refractivity contribution >= 4 is 27.9 Å². The number of fused-ring (bicyclic) bond motifs is 1. The zero-order valence-corrected chi connectivity index (χ0v) is 16.3. The average Bonchev–Trinajstić information content (AvgIpc) is 3.12. The minimum absolute atomic E-state index is 0.234. The molecule has 0 fully saturated rings. The number of alkyl halides is 3. The Kier molecular flexibility index (Phi) is 4.90. The minimum Gasteiger partial charge on any atom is -0.322 e. The normalized spacial score (nSPS) is 11.6. The fourth-order valence-electron chi connectivity index (χ4n) is 3.11. The van der Waals surface area contributed by atoms with Gasteiger partial charge in [0.15, 0.2) is 4.96 Å². The first-order chi connectivity index (χ1) is 14.2. The zero-order chi connectivity index (χ0) is 21.5. The Labute approximate surface area is 172 Å². The monoisotopic (exact) mass is 429 g/mol. The van der Waals surface area contributed by atoms with Gasteiger partial charge in [0.25, 0.3) is 11.5 Å². The van der Waals surface area contributed by atoms with Crippen LogP contribution >= 0.6 is 11.3 Å². The molecule has 0 spiro atoms. The van der Waals surface area contributed by atoms with E-state index in [1.807, 2.05) is 0 Å². The standard InChI is InChI=1S/C21H14F3N3O2S/c1-12-9-18(28)27-17(11-30-20(27)25-12)13-5-4-6-14(10-13)26-19(29)15-7-2-3-8-16(15)21(22,23)24/h2-11H,1H3,(H,26,29). The number of aryl methyl sites for hydroxylation is 1. The SMILES string of the molecule is Cc1cc(=O)n2c(-c3cccc(NC(=O)c4ccccc4C(F)(F)F)c3)csc2n1. The van der Waals surface area contributed by atoms with E-state index < -0.39 is 23.2 Å². The molecule has 0 atom stereocenters. The molecule has 0 aliphatic carbocycles. The van der Waals surface area contributed by atoms with E-state index in [9.17, 15) is 22.8 Å². The van der Waals surface area contributed by atoms with Crippen LogP contribution in [0.3, 0.4) is 0 Å². The van der Waals surface area contributed by atoms with Gasteiger partial charge < -0.3 is 5.32 Å². The van der Waals surface area contributed by atoms with E-state index in [0.29, 0.717) is 27.6 Å². The summed E-state index contributed by atoms with van der Waals surface area (Å²) in [7, 11) is 0. The number of carbonyl (C=O) groups excluding carboxylic acids is 1. The van der Waals surface area contributed by atoms with E-state index in [0.717, 1.165) is 12.1 Å². The number of amides is 1. The fraction of sp³-hybridized carbons (Fsp3) is 0.0952. The van der Waals surface area contributed by atoms with Gasteiger partial charge in [-0.1, -0.05) is 24.3 Å². The van der Waals surface area contributed by atoms with Crippen molar-refractivity contribution in [2.24, 2.45) is 0 Å². The number of anilines is 1. The molecule has 0 saturated heterocycles. The molecule has 0 saturated carbocycles. The van der Waals surface area contributed by atoms with E-state index in [4.69, 9.17) is 0 Å². The summed E-state index contributed by atoms with van der Waals surface area (Å²) in [6.45, 7) is 1.73. The van der Waals surface area contributed by atoms with Crippen molar-refractivity contribution < 1.29 is 18.0 Å². The van der Waals surface area contributed by atoms with Gasteiger partial charge in [0.1, 0.15) is 0 Å². The predicted octanol–water partition coefficient (Wildman–Crippen LogP) is 5.00. The van der Waals surface area contributed by atoms with Crippen LogP contribution in [0.4, 0.5) is 18.9 Å². The third-order valence-electron chi connectivity index (χ3n) is 4.43. The van der Waals surface area contributed by atoms with Crippen molar-refractivity contribution in [1.29, 1.82) is 0 Å². The maximum atomic E-state index is 13.2. The van der Waals surface area contributed by atoms with E-state index in [-0.39, 0.29) is 5.56 Å². The second-order valence-corrected chi connectivity index (χ2v) is 7.39. The van der Waals surface area contributed by atoms with Gasteiger partial charge in [-0.3, -0.25) is 14.0 Å². The van der Waals surface area contributed by atoms with Gasteiger partial charge in [-0.15, -0.1) is 11.3 Å². The van der Waals surface area contributed by atoms with Crippen molar-refractivity contribution in [3.63, 3.8) is 0 Å². The Balaban J connectivity index is 1.69. The molecule has 1 amide bonds. The first kappa shape index (κ1) is 19.8. The van der Waals surface area contributed by atoms with E-state index in [1.165, 1.54) is 33.9 Å². The molecule has 0 radical (unpaired) electrons. The molecule has 2 aromatic heterocycles. The van der Waals surface area contributed by atoms with Gasteiger partial charge in [0, 0.05) is 28.4 Å². The van der Waals surface area contributed by atoms with Gasteiger partial charge in [-0.25, -0.2) is 4.98 Å². The number of aromatic nitrogens is 2. The molecular formula is C21H14F3N3O2S. The van der Waals surface area contributed by atoms with Crippen LogP contribution < -0.4 is 10.9 Å². The molecule has 0 unspecified atom stereocenters. The first-order valence-electron chi connectivity index (χ1n) is 8.80. The summed E-state index contributed by atoms with van der Waals surface area (Å²) in [6.07, 6.45) is -4.64. The van der Waals surface area contributed by atoms with Crippen LogP contribution in [0, 0.1) is 6.92 Å². The molecule has 5 nitrogen and oxygen atoms in total. The number of benzene rings is 2. The minimum atomic E-state index is -4.64. The maximum absolute atomic E-state index is 13.2. The van der Waals surface area contributed by atoms with Crippen LogP contribution in [-0.2, 0) is 6.18 Å². The average molecular weight is 429 g/mol. The van der Waals surface area contributed by atoms with Gasteiger partial charge in [-0.05, 0) is 31.2 Å². The maximum Gasteiger partial charge on any atom is 0.417 e. The van der Waals surface area contributed by atoms with E-state index >= 15 is 0 Å². The molecule has 0 aliphatic heterocycles. The third kappa shape index (κ3) is 3.71. The summed E-state index contributed by atoms with van der Waals surface area (Å²) in [5, 5.41) is 4.27. The lowest BCUT2D eigenvalue weighted by molar-refractivity contribution is -0.137. The molecule has 1 N–H and O–H groups in total. The number of thiazole rings is 1. The number of hydrogen-bond acceptors (Lipinski definition) is 4. The number of nitrogens with zero attached hydrogens (tertiary/aromatic N) is 2.